The second kappa shape index (κ2) is 6.75. The topological polar surface area (TPSA) is 118 Å². The van der Waals surface area contributed by atoms with E-state index in [-0.39, 0.29) is 5.52 Å². The number of hydrogen-bond acceptors (Lipinski definition) is 6. The fourth-order valence-electron chi connectivity index (χ4n) is 2.30. The number of pyridine rings is 1. The third-order valence-electron chi connectivity index (χ3n) is 3.48. The van der Waals surface area contributed by atoms with E-state index in [0.717, 1.165) is 0 Å². The fraction of sp³-hybridized carbons (Fsp3) is 0. The van der Waals surface area contributed by atoms with Crippen LogP contribution >= 0.6 is 0 Å². The number of nitro groups is 1. The van der Waals surface area contributed by atoms with Crippen molar-refractivity contribution in [2.75, 3.05) is 0 Å². The third-order valence-corrected chi connectivity index (χ3v) is 3.48. The number of nitro benzene ring substituents is 1. The molecule has 8 nitrogen and oxygen atoms in total. The van der Waals surface area contributed by atoms with Gasteiger partial charge in [-0.25, -0.2) is 5.43 Å². The maximum absolute atomic E-state index is 11.9. The van der Waals surface area contributed by atoms with Gasteiger partial charge in [0.05, 0.1) is 11.1 Å². The van der Waals surface area contributed by atoms with Gasteiger partial charge in [0.25, 0.3) is 5.91 Å². The summed E-state index contributed by atoms with van der Waals surface area (Å²) in [5.41, 5.74) is 2.74. The molecule has 1 aromatic heterocycles. The Kier molecular flexibility index (Phi) is 4.34. The van der Waals surface area contributed by atoms with E-state index in [9.17, 15) is 20.0 Å². The summed E-state index contributed by atoms with van der Waals surface area (Å²) in [4.78, 5) is 26.3. The monoisotopic (exact) mass is 336 g/mol. The number of fused-ring (bicyclic) bond motifs is 1. The van der Waals surface area contributed by atoms with Gasteiger partial charge in [-0.1, -0.05) is 24.3 Å². The number of phenolic OH excluding ortho intramolecular Hbond substituents is 1. The van der Waals surface area contributed by atoms with E-state index in [1.54, 1.807) is 42.5 Å². The quantitative estimate of drug-likeness (QED) is 0.431. The number of phenols is 1. The van der Waals surface area contributed by atoms with Crippen molar-refractivity contribution >= 4 is 28.7 Å². The molecule has 1 heterocycles. The highest BCUT2D eigenvalue weighted by molar-refractivity contribution is 6.03. The van der Waals surface area contributed by atoms with Crippen LogP contribution in [0.15, 0.2) is 59.8 Å². The van der Waals surface area contributed by atoms with Crippen LogP contribution in [-0.2, 0) is 0 Å². The largest absolute Gasteiger partial charge is 0.501 e. The highest BCUT2D eigenvalue weighted by atomic mass is 16.6. The number of hydrazone groups is 1. The molecule has 0 aliphatic rings. The van der Waals surface area contributed by atoms with E-state index < -0.39 is 22.3 Å². The molecule has 0 atom stereocenters. The number of amides is 1. The Bertz CT molecular complexity index is 987. The van der Waals surface area contributed by atoms with Gasteiger partial charge in [0.15, 0.2) is 0 Å². The number of benzene rings is 2. The van der Waals surface area contributed by atoms with Gasteiger partial charge in [-0.15, -0.1) is 0 Å². The van der Waals surface area contributed by atoms with Gasteiger partial charge in [-0.05, 0) is 18.2 Å². The molecule has 3 aromatic rings. The van der Waals surface area contributed by atoms with Gasteiger partial charge in [0.2, 0.25) is 5.75 Å². The molecule has 3 rings (SSSR count). The molecule has 0 aliphatic heterocycles. The van der Waals surface area contributed by atoms with Crippen molar-refractivity contribution in [2.45, 2.75) is 0 Å². The Hall–Kier alpha value is -3.81. The molecule has 0 aliphatic carbocycles. The summed E-state index contributed by atoms with van der Waals surface area (Å²) in [6.07, 6.45) is 2.70. The lowest BCUT2D eigenvalue weighted by Crippen LogP contribution is -2.17. The number of nitrogens with one attached hydrogen (secondary N) is 1. The number of aromatic nitrogens is 1. The zero-order chi connectivity index (χ0) is 17.8. The van der Waals surface area contributed by atoms with E-state index in [1.807, 2.05) is 0 Å². The molecule has 2 aromatic carbocycles. The van der Waals surface area contributed by atoms with E-state index in [1.165, 1.54) is 18.5 Å². The fourth-order valence-corrected chi connectivity index (χ4v) is 2.30. The summed E-state index contributed by atoms with van der Waals surface area (Å²) in [5.74, 6) is -0.918. The number of aromatic hydroxyl groups is 1. The Morgan fingerprint density at radius 2 is 2.00 bits per heavy atom. The van der Waals surface area contributed by atoms with Crippen LogP contribution in [0.25, 0.3) is 10.9 Å². The van der Waals surface area contributed by atoms with Crippen molar-refractivity contribution in [1.82, 2.24) is 10.4 Å². The molecule has 8 heteroatoms. The summed E-state index contributed by atoms with van der Waals surface area (Å²) < 4.78 is 0. The standard InChI is InChI=1S/C17H12N4O4/c22-16-14(21(24)25)9-12(13-7-4-8-18-15(13)16)10-19-20-17(23)11-5-2-1-3-6-11/h1-10,22H,(H,20,23)/b19-10-. The third kappa shape index (κ3) is 3.27. The summed E-state index contributed by atoms with van der Waals surface area (Å²) in [5, 5.41) is 25.4. The first kappa shape index (κ1) is 16.1. The van der Waals surface area contributed by atoms with Crippen molar-refractivity contribution in [3.63, 3.8) is 0 Å². The van der Waals surface area contributed by atoms with Crippen molar-refractivity contribution in [2.24, 2.45) is 5.10 Å². The Morgan fingerprint density at radius 3 is 2.72 bits per heavy atom. The van der Waals surface area contributed by atoms with E-state index in [0.29, 0.717) is 16.5 Å². The lowest BCUT2D eigenvalue weighted by atomic mass is 10.1. The van der Waals surface area contributed by atoms with Crippen molar-refractivity contribution < 1.29 is 14.8 Å². The van der Waals surface area contributed by atoms with Crippen LogP contribution in [-0.4, -0.2) is 27.1 Å². The Labute approximate surface area is 141 Å². The summed E-state index contributed by atoms with van der Waals surface area (Å²) in [6.45, 7) is 0. The number of nitrogens with zero attached hydrogens (tertiary/aromatic N) is 3. The zero-order valence-electron chi connectivity index (χ0n) is 12.8. The van der Waals surface area contributed by atoms with Crippen LogP contribution in [0, 0.1) is 10.1 Å². The van der Waals surface area contributed by atoms with Gasteiger partial charge in [0, 0.05) is 28.8 Å². The minimum atomic E-state index is -0.705. The Morgan fingerprint density at radius 1 is 1.24 bits per heavy atom. The molecule has 1 amide bonds. The van der Waals surface area contributed by atoms with Crippen LogP contribution < -0.4 is 5.43 Å². The molecule has 2 N–H and O–H groups in total. The second-order valence-corrected chi connectivity index (χ2v) is 5.06. The number of hydrogen-bond donors (Lipinski definition) is 2. The normalized spacial score (nSPS) is 10.9. The van der Waals surface area contributed by atoms with E-state index in [4.69, 9.17) is 0 Å². The van der Waals surface area contributed by atoms with Gasteiger partial charge < -0.3 is 5.11 Å². The maximum Gasteiger partial charge on any atom is 0.313 e. The number of carbonyl (C=O) groups excluding carboxylic acids is 1. The maximum atomic E-state index is 11.9. The molecule has 0 saturated heterocycles. The molecular weight excluding hydrogens is 324 g/mol. The van der Waals surface area contributed by atoms with Gasteiger partial charge in [-0.2, -0.15) is 5.10 Å². The summed E-state index contributed by atoms with van der Waals surface area (Å²) in [7, 11) is 0. The van der Waals surface area contributed by atoms with Crippen molar-refractivity contribution in [3.05, 3.63) is 76.0 Å². The predicted molar refractivity (Wildman–Crippen MR) is 91.6 cm³/mol. The van der Waals surface area contributed by atoms with Gasteiger partial charge in [0.1, 0.15) is 5.52 Å². The molecule has 0 radical (unpaired) electrons. The molecule has 0 fully saturated rings. The van der Waals surface area contributed by atoms with Crippen LogP contribution in [0.5, 0.6) is 5.75 Å². The zero-order valence-corrected chi connectivity index (χ0v) is 12.8. The number of carbonyl (C=O) groups is 1. The average Bonchev–Trinajstić information content (AvgIpc) is 2.64. The van der Waals surface area contributed by atoms with Crippen molar-refractivity contribution in [1.29, 1.82) is 0 Å². The molecule has 0 bridgehead atoms. The number of rotatable bonds is 4. The highest BCUT2D eigenvalue weighted by Gasteiger charge is 2.19. The smallest absolute Gasteiger partial charge is 0.313 e. The summed E-state index contributed by atoms with van der Waals surface area (Å²) >= 11 is 0. The molecule has 0 spiro atoms. The van der Waals surface area contributed by atoms with Crippen LogP contribution in [0.1, 0.15) is 15.9 Å². The first-order valence-electron chi connectivity index (χ1n) is 7.21. The van der Waals surface area contributed by atoms with Crippen LogP contribution in [0.4, 0.5) is 5.69 Å². The molecule has 0 saturated carbocycles. The van der Waals surface area contributed by atoms with Crippen molar-refractivity contribution in [3.8, 4) is 5.75 Å². The minimum absolute atomic E-state index is 0.0903. The van der Waals surface area contributed by atoms with Crippen LogP contribution in [0.2, 0.25) is 0 Å². The molecule has 0 unspecified atom stereocenters. The first-order valence-corrected chi connectivity index (χ1v) is 7.21. The van der Waals surface area contributed by atoms with E-state index in [2.05, 4.69) is 15.5 Å². The molecule has 25 heavy (non-hydrogen) atoms. The lowest BCUT2D eigenvalue weighted by molar-refractivity contribution is -0.385. The van der Waals surface area contributed by atoms with Gasteiger partial charge >= 0.3 is 5.69 Å². The van der Waals surface area contributed by atoms with Gasteiger partial charge in [-0.3, -0.25) is 19.9 Å². The average molecular weight is 336 g/mol. The lowest BCUT2D eigenvalue weighted by Gasteiger charge is -2.05. The molecule has 124 valence electrons. The highest BCUT2D eigenvalue weighted by Crippen LogP contribution is 2.34. The first-order chi connectivity index (χ1) is 12.1. The minimum Gasteiger partial charge on any atom is -0.501 e. The predicted octanol–water partition coefficient (Wildman–Crippen LogP) is 2.61. The Balaban J connectivity index is 1.94. The molecular formula is C17H12N4O4. The SMILES string of the molecule is O=C(N/N=C\c1cc([N+](=O)[O-])c(O)c2ncccc12)c1ccccc1. The summed E-state index contributed by atoms with van der Waals surface area (Å²) in [6, 6.07) is 13.0. The second-order valence-electron chi connectivity index (χ2n) is 5.06. The van der Waals surface area contributed by atoms with E-state index >= 15 is 0 Å². The van der Waals surface area contributed by atoms with Crippen LogP contribution in [0.3, 0.4) is 0 Å².